The third-order valence-electron chi connectivity index (χ3n) is 3.05. The lowest BCUT2D eigenvalue weighted by Crippen LogP contribution is -2.27. The molecule has 104 valence electrons. The number of hydrogen-bond acceptors (Lipinski definition) is 3. The number of thioether (sulfide) groups is 1. The predicted molar refractivity (Wildman–Crippen MR) is 81.5 cm³/mol. The highest BCUT2D eigenvalue weighted by Gasteiger charge is 2.33. The normalized spacial score (nSPS) is 18.8. The van der Waals surface area contributed by atoms with Crippen LogP contribution < -0.4 is 0 Å². The smallest absolute Gasteiger partial charge is 0.234 e. The third kappa shape index (κ3) is 2.85. The summed E-state index contributed by atoms with van der Waals surface area (Å²) in [6.45, 7) is 0.420. The molecule has 0 saturated carbocycles. The zero-order valence-electron chi connectivity index (χ0n) is 10.4. The molecule has 0 spiro atoms. The van der Waals surface area contributed by atoms with Gasteiger partial charge in [-0.25, -0.2) is 4.39 Å². The molecule has 2 nitrogen and oxygen atoms in total. The Labute approximate surface area is 129 Å². The summed E-state index contributed by atoms with van der Waals surface area (Å²) in [5.41, 5.74) is 0.800. The molecule has 1 saturated heterocycles. The van der Waals surface area contributed by atoms with E-state index in [0.717, 1.165) is 10.4 Å². The Morgan fingerprint density at radius 1 is 1.35 bits per heavy atom. The SMILES string of the molecule is O=C1CSC(c2ccc(Cl)s2)N1Cc1cccc(F)c1. The van der Waals surface area contributed by atoms with Crippen molar-refractivity contribution in [2.24, 2.45) is 0 Å². The van der Waals surface area contributed by atoms with E-state index in [4.69, 9.17) is 11.6 Å². The van der Waals surface area contributed by atoms with E-state index in [1.54, 1.807) is 22.7 Å². The summed E-state index contributed by atoms with van der Waals surface area (Å²) in [6.07, 6.45) is 0. The number of nitrogens with zero attached hydrogens (tertiary/aromatic N) is 1. The molecule has 0 aliphatic carbocycles. The molecule has 1 aliphatic rings. The van der Waals surface area contributed by atoms with E-state index in [9.17, 15) is 9.18 Å². The Morgan fingerprint density at radius 3 is 2.90 bits per heavy atom. The van der Waals surface area contributed by atoms with Crippen molar-refractivity contribution in [3.8, 4) is 0 Å². The molecule has 1 fully saturated rings. The van der Waals surface area contributed by atoms with Gasteiger partial charge in [0.1, 0.15) is 11.2 Å². The second kappa shape index (κ2) is 5.76. The van der Waals surface area contributed by atoms with Crippen LogP contribution in [0.2, 0.25) is 4.34 Å². The molecule has 1 aliphatic heterocycles. The quantitative estimate of drug-likeness (QED) is 0.837. The number of halogens is 2. The average Bonchev–Trinajstić information content (AvgIpc) is 2.97. The number of carbonyl (C=O) groups is 1. The van der Waals surface area contributed by atoms with Crippen LogP contribution in [0.15, 0.2) is 36.4 Å². The van der Waals surface area contributed by atoms with E-state index in [0.29, 0.717) is 16.6 Å². The third-order valence-corrected chi connectivity index (χ3v) is 5.72. The fraction of sp³-hybridized carbons (Fsp3) is 0.214. The van der Waals surface area contributed by atoms with Crippen LogP contribution in [0.5, 0.6) is 0 Å². The van der Waals surface area contributed by atoms with E-state index in [-0.39, 0.29) is 17.1 Å². The van der Waals surface area contributed by atoms with Crippen molar-refractivity contribution in [2.45, 2.75) is 11.9 Å². The van der Waals surface area contributed by atoms with E-state index >= 15 is 0 Å². The zero-order valence-corrected chi connectivity index (χ0v) is 12.8. The first kappa shape index (κ1) is 13.9. The van der Waals surface area contributed by atoms with Gasteiger partial charge in [-0.05, 0) is 29.8 Å². The first-order valence-electron chi connectivity index (χ1n) is 6.04. The maximum Gasteiger partial charge on any atom is 0.234 e. The van der Waals surface area contributed by atoms with Gasteiger partial charge >= 0.3 is 0 Å². The summed E-state index contributed by atoms with van der Waals surface area (Å²) < 4.78 is 14.0. The van der Waals surface area contributed by atoms with Crippen molar-refractivity contribution >= 4 is 40.6 Å². The topological polar surface area (TPSA) is 20.3 Å². The molecule has 1 aromatic heterocycles. The van der Waals surface area contributed by atoms with Gasteiger partial charge in [0.05, 0.1) is 10.1 Å². The van der Waals surface area contributed by atoms with Crippen molar-refractivity contribution in [1.82, 2.24) is 4.90 Å². The Balaban J connectivity index is 1.84. The minimum absolute atomic E-state index is 0.0248. The van der Waals surface area contributed by atoms with Crippen LogP contribution in [0.4, 0.5) is 4.39 Å². The zero-order chi connectivity index (χ0) is 14.1. The molecule has 1 aromatic carbocycles. The maximum atomic E-state index is 13.2. The highest BCUT2D eigenvalue weighted by atomic mass is 35.5. The summed E-state index contributed by atoms with van der Waals surface area (Å²) >= 11 is 9.02. The van der Waals surface area contributed by atoms with Crippen molar-refractivity contribution in [3.05, 3.63) is 57.0 Å². The van der Waals surface area contributed by atoms with Crippen molar-refractivity contribution in [3.63, 3.8) is 0 Å². The van der Waals surface area contributed by atoms with Gasteiger partial charge in [-0.3, -0.25) is 4.79 Å². The first-order chi connectivity index (χ1) is 9.63. The van der Waals surface area contributed by atoms with Gasteiger partial charge in [0.15, 0.2) is 0 Å². The molecule has 2 heterocycles. The first-order valence-corrected chi connectivity index (χ1v) is 8.28. The molecule has 1 atom stereocenters. The maximum absolute atomic E-state index is 13.2. The van der Waals surface area contributed by atoms with E-state index in [1.165, 1.54) is 23.5 Å². The van der Waals surface area contributed by atoms with Crippen LogP contribution in [-0.4, -0.2) is 16.6 Å². The van der Waals surface area contributed by atoms with Crippen LogP contribution in [-0.2, 0) is 11.3 Å². The van der Waals surface area contributed by atoms with E-state index in [2.05, 4.69) is 0 Å². The fourth-order valence-corrected chi connectivity index (χ4v) is 4.64. The molecule has 6 heteroatoms. The van der Waals surface area contributed by atoms with Gasteiger partial charge in [0, 0.05) is 11.4 Å². The molecule has 1 amide bonds. The Kier molecular flexibility index (Phi) is 4.01. The lowest BCUT2D eigenvalue weighted by molar-refractivity contribution is -0.128. The predicted octanol–water partition coefficient (Wildman–Crippen LogP) is 4.31. The lowest BCUT2D eigenvalue weighted by Gasteiger charge is -2.23. The van der Waals surface area contributed by atoms with Gasteiger partial charge in [0.25, 0.3) is 0 Å². The number of amides is 1. The average molecular weight is 328 g/mol. The van der Waals surface area contributed by atoms with E-state index in [1.807, 2.05) is 18.2 Å². The molecular formula is C14H11ClFNOS2. The standard InChI is InChI=1S/C14H11ClFNOS2/c15-12-5-4-11(20-12)14-17(13(18)8-19-14)7-9-2-1-3-10(16)6-9/h1-6,14H,7-8H2. The summed E-state index contributed by atoms with van der Waals surface area (Å²) in [7, 11) is 0. The summed E-state index contributed by atoms with van der Waals surface area (Å²) in [5.74, 6) is 0.251. The molecular weight excluding hydrogens is 317 g/mol. The number of thiophene rings is 1. The Hall–Kier alpha value is -1.04. The highest BCUT2D eigenvalue weighted by Crippen LogP contribution is 2.43. The van der Waals surface area contributed by atoms with Crippen molar-refractivity contribution in [1.29, 1.82) is 0 Å². The number of benzene rings is 1. The van der Waals surface area contributed by atoms with Crippen LogP contribution in [0.3, 0.4) is 0 Å². The minimum Gasteiger partial charge on any atom is -0.321 e. The van der Waals surface area contributed by atoms with Crippen LogP contribution >= 0.6 is 34.7 Å². The summed E-state index contributed by atoms with van der Waals surface area (Å²) in [5, 5.41) is -0.0248. The number of hydrogen-bond donors (Lipinski definition) is 0. The molecule has 0 bridgehead atoms. The molecule has 0 N–H and O–H groups in total. The molecule has 0 radical (unpaired) electrons. The van der Waals surface area contributed by atoms with Crippen LogP contribution in [0.1, 0.15) is 15.8 Å². The van der Waals surface area contributed by atoms with Crippen molar-refractivity contribution in [2.75, 3.05) is 5.75 Å². The molecule has 2 aromatic rings. The molecule has 1 unspecified atom stereocenters. The second-order valence-corrected chi connectivity index (χ2v) is 7.27. The molecule has 20 heavy (non-hydrogen) atoms. The highest BCUT2D eigenvalue weighted by molar-refractivity contribution is 8.00. The fourth-order valence-electron chi connectivity index (χ4n) is 2.15. The summed E-state index contributed by atoms with van der Waals surface area (Å²) in [6, 6.07) is 10.1. The number of rotatable bonds is 3. The monoisotopic (exact) mass is 327 g/mol. The van der Waals surface area contributed by atoms with Gasteiger partial charge in [-0.1, -0.05) is 23.7 Å². The Bertz CT molecular complexity index is 646. The lowest BCUT2D eigenvalue weighted by atomic mass is 10.2. The van der Waals surface area contributed by atoms with Crippen molar-refractivity contribution < 1.29 is 9.18 Å². The van der Waals surface area contributed by atoms with Gasteiger partial charge in [-0.15, -0.1) is 23.1 Å². The van der Waals surface area contributed by atoms with Gasteiger partial charge < -0.3 is 4.90 Å². The van der Waals surface area contributed by atoms with Gasteiger partial charge in [0.2, 0.25) is 5.91 Å². The van der Waals surface area contributed by atoms with Crippen LogP contribution in [0.25, 0.3) is 0 Å². The number of carbonyl (C=O) groups excluding carboxylic acids is 1. The largest absolute Gasteiger partial charge is 0.321 e. The molecule has 3 rings (SSSR count). The Morgan fingerprint density at radius 2 is 2.20 bits per heavy atom. The second-order valence-electron chi connectivity index (χ2n) is 4.46. The van der Waals surface area contributed by atoms with E-state index < -0.39 is 0 Å². The minimum atomic E-state index is -0.280. The summed E-state index contributed by atoms with van der Waals surface area (Å²) in [4.78, 5) is 14.9. The van der Waals surface area contributed by atoms with Gasteiger partial charge in [-0.2, -0.15) is 0 Å². The van der Waals surface area contributed by atoms with Crippen LogP contribution in [0, 0.1) is 5.82 Å².